The van der Waals surface area contributed by atoms with Gasteiger partial charge >= 0.3 is 0 Å². The Morgan fingerprint density at radius 2 is 1.91 bits per heavy atom. The van der Waals surface area contributed by atoms with Gasteiger partial charge in [-0.3, -0.25) is 4.79 Å². The molecule has 0 spiro atoms. The minimum atomic E-state index is 0.203. The van der Waals surface area contributed by atoms with Gasteiger partial charge in [0, 0.05) is 26.1 Å². The molecular formula is C19H28N2O. The first kappa shape index (κ1) is 15.5. The van der Waals surface area contributed by atoms with E-state index in [-0.39, 0.29) is 6.04 Å². The van der Waals surface area contributed by atoms with Gasteiger partial charge in [-0.15, -0.1) is 0 Å². The SMILES string of the molecule is O=C(CCC1CCCCC1)N1CCNCC1c1ccccc1. The molecule has 2 fully saturated rings. The number of benzene rings is 1. The van der Waals surface area contributed by atoms with E-state index < -0.39 is 0 Å². The number of carbonyl (C=O) groups excluding carboxylic acids is 1. The van der Waals surface area contributed by atoms with Crippen LogP contribution in [-0.2, 0) is 4.79 Å². The Labute approximate surface area is 134 Å². The predicted molar refractivity (Wildman–Crippen MR) is 89.6 cm³/mol. The molecule has 22 heavy (non-hydrogen) atoms. The molecule has 1 aromatic rings. The molecule has 1 saturated heterocycles. The summed E-state index contributed by atoms with van der Waals surface area (Å²) in [7, 11) is 0. The number of hydrogen-bond donors (Lipinski definition) is 1. The number of piperazine rings is 1. The van der Waals surface area contributed by atoms with Gasteiger partial charge in [-0.2, -0.15) is 0 Å². The molecule has 1 heterocycles. The van der Waals surface area contributed by atoms with E-state index >= 15 is 0 Å². The molecule has 1 aromatic carbocycles. The van der Waals surface area contributed by atoms with E-state index in [0.717, 1.165) is 38.4 Å². The molecule has 2 aliphatic rings. The van der Waals surface area contributed by atoms with E-state index in [1.165, 1.54) is 37.7 Å². The second kappa shape index (κ2) is 7.77. The van der Waals surface area contributed by atoms with Crippen LogP contribution in [0.15, 0.2) is 30.3 Å². The van der Waals surface area contributed by atoms with Crippen molar-refractivity contribution in [3.63, 3.8) is 0 Å². The molecule has 0 radical (unpaired) electrons. The highest BCUT2D eigenvalue weighted by atomic mass is 16.2. The van der Waals surface area contributed by atoms with Crippen molar-refractivity contribution in [1.82, 2.24) is 10.2 Å². The van der Waals surface area contributed by atoms with Crippen molar-refractivity contribution >= 4 is 5.91 Å². The fraction of sp³-hybridized carbons (Fsp3) is 0.632. The molecule has 1 aliphatic carbocycles. The summed E-state index contributed by atoms with van der Waals surface area (Å²) >= 11 is 0. The van der Waals surface area contributed by atoms with Crippen LogP contribution in [0.1, 0.15) is 56.6 Å². The zero-order chi connectivity index (χ0) is 15.2. The smallest absolute Gasteiger partial charge is 0.223 e. The van der Waals surface area contributed by atoms with Crippen LogP contribution in [0.25, 0.3) is 0 Å². The van der Waals surface area contributed by atoms with Gasteiger partial charge in [-0.1, -0.05) is 62.4 Å². The quantitative estimate of drug-likeness (QED) is 0.922. The first-order valence-electron chi connectivity index (χ1n) is 8.90. The van der Waals surface area contributed by atoms with Crippen molar-refractivity contribution in [3.8, 4) is 0 Å². The Morgan fingerprint density at radius 1 is 1.14 bits per heavy atom. The van der Waals surface area contributed by atoms with E-state index in [1.807, 2.05) is 6.07 Å². The van der Waals surface area contributed by atoms with Crippen LogP contribution in [0.3, 0.4) is 0 Å². The lowest BCUT2D eigenvalue weighted by Crippen LogP contribution is -2.48. The topological polar surface area (TPSA) is 32.3 Å². The van der Waals surface area contributed by atoms with Crippen LogP contribution in [0.4, 0.5) is 0 Å². The maximum atomic E-state index is 12.7. The summed E-state index contributed by atoms with van der Waals surface area (Å²) in [5.74, 6) is 1.14. The average molecular weight is 300 g/mol. The van der Waals surface area contributed by atoms with Crippen molar-refractivity contribution in [2.24, 2.45) is 5.92 Å². The van der Waals surface area contributed by atoms with Crippen molar-refractivity contribution in [3.05, 3.63) is 35.9 Å². The van der Waals surface area contributed by atoms with Gasteiger partial charge < -0.3 is 10.2 Å². The van der Waals surface area contributed by atoms with Gasteiger partial charge in [0.25, 0.3) is 0 Å². The van der Waals surface area contributed by atoms with Crippen molar-refractivity contribution in [2.45, 2.75) is 51.0 Å². The molecule has 1 aliphatic heterocycles. The second-order valence-electron chi connectivity index (χ2n) is 6.76. The Kier molecular flexibility index (Phi) is 5.49. The lowest BCUT2D eigenvalue weighted by molar-refractivity contribution is -0.135. The number of rotatable bonds is 4. The normalized spacial score (nSPS) is 23.5. The van der Waals surface area contributed by atoms with E-state index in [0.29, 0.717) is 5.91 Å². The molecule has 0 bridgehead atoms. The van der Waals surface area contributed by atoms with E-state index in [4.69, 9.17) is 0 Å². The number of amides is 1. The highest BCUT2D eigenvalue weighted by molar-refractivity contribution is 5.77. The third-order valence-corrected chi connectivity index (χ3v) is 5.24. The van der Waals surface area contributed by atoms with Gasteiger partial charge in [0.1, 0.15) is 0 Å². The molecule has 1 unspecified atom stereocenters. The van der Waals surface area contributed by atoms with Gasteiger partial charge in [0.15, 0.2) is 0 Å². The van der Waals surface area contributed by atoms with Crippen LogP contribution in [0.5, 0.6) is 0 Å². The number of nitrogens with one attached hydrogen (secondary N) is 1. The van der Waals surface area contributed by atoms with Crippen LogP contribution in [0.2, 0.25) is 0 Å². The Morgan fingerprint density at radius 3 is 2.68 bits per heavy atom. The average Bonchev–Trinajstić information content (AvgIpc) is 2.61. The van der Waals surface area contributed by atoms with E-state index in [2.05, 4.69) is 34.5 Å². The van der Waals surface area contributed by atoms with E-state index in [9.17, 15) is 4.79 Å². The fourth-order valence-corrected chi connectivity index (χ4v) is 3.92. The maximum absolute atomic E-state index is 12.7. The van der Waals surface area contributed by atoms with Crippen molar-refractivity contribution < 1.29 is 4.79 Å². The lowest BCUT2D eigenvalue weighted by atomic mass is 9.86. The summed E-state index contributed by atoms with van der Waals surface area (Å²) in [6.45, 7) is 2.63. The summed E-state index contributed by atoms with van der Waals surface area (Å²) in [4.78, 5) is 14.8. The van der Waals surface area contributed by atoms with Gasteiger partial charge in [0.2, 0.25) is 5.91 Å². The summed E-state index contributed by atoms with van der Waals surface area (Å²) < 4.78 is 0. The molecule has 3 rings (SSSR count). The molecule has 1 N–H and O–H groups in total. The van der Waals surface area contributed by atoms with E-state index in [1.54, 1.807) is 0 Å². The monoisotopic (exact) mass is 300 g/mol. The molecule has 3 heteroatoms. The lowest BCUT2D eigenvalue weighted by Gasteiger charge is -2.37. The summed E-state index contributed by atoms with van der Waals surface area (Å²) in [6.07, 6.45) is 8.59. The molecule has 0 aromatic heterocycles. The standard InChI is InChI=1S/C19H28N2O/c22-19(12-11-16-7-3-1-4-8-16)21-14-13-20-15-18(21)17-9-5-2-6-10-17/h2,5-6,9-10,16,18,20H,1,3-4,7-8,11-15H2. The molecular weight excluding hydrogens is 272 g/mol. The van der Waals surface area contributed by atoms with Crippen molar-refractivity contribution in [2.75, 3.05) is 19.6 Å². The van der Waals surface area contributed by atoms with Gasteiger partial charge in [-0.05, 0) is 17.9 Å². The van der Waals surface area contributed by atoms with Crippen molar-refractivity contribution in [1.29, 1.82) is 0 Å². The maximum Gasteiger partial charge on any atom is 0.223 e. The van der Waals surface area contributed by atoms with Crippen LogP contribution >= 0.6 is 0 Å². The first-order chi connectivity index (χ1) is 10.8. The molecule has 1 amide bonds. The molecule has 3 nitrogen and oxygen atoms in total. The molecule has 1 saturated carbocycles. The summed E-state index contributed by atoms with van der Waals surface area (Å²) in [5.41, 5.74) is 1.25. The number of nitrogens with zero attached hydrogens (tertiary/aromatic N) is 1. The third kappa shape index (κ3) is 3.89. The Bertz CT molecular complexity index is 468. The first-order valence-corrected chi connectivity index (χ1v) is 8.90. The molecule has 1 atom stereocenters. The zero-order valence-corrected chi connectivity index (χ0v) is 13.5. The van der Waals surface area contributed by atoms with Crippen LogP contribution in [-0.4, -0.2) is 30.4 Å². The van der Waals surface area contributed by atoms with Crippen LogP contribution in [0, 0.1) is 5.92 Å². The highest BCUT2D eigenvalue weighted by Gasteiger charge is 2.28. The highest BCUT2D eigenvalue weighted by Crippen LogP contribution is 2.29. The Hall–Kier alpha value is -1.35. The fourth-order valence-electron chi connectivity index (χ4n) is 3.92. The zero-order valence-electron chi connectivity index (χ0n) is 13.5. The summed E-state index contributed by atoms with van der Waals surface area (Å²) in [5, 5.41) is 3.43. The third-order valence-electron chi connectivity index (χ3n) is 5.24. The second-order valence-corrected chi connectivity index (χ2v) is 6.76. The minimum absolute atomic E-state index is 0.203. The largest absolute Gasteiger partial charge is 0.333 e. The number of carbonyl (C=O) groups is 1. The minimum Gasteiger partial charge on any atom is -0.333 e. The predicted octanol–water partition coefficient (Wildman–Crippen LogP) is 3.52. The van der Waals surface area contributed by atoms with Crippen LogP contribution < -0.4 is 5.32 Å². The Balaban J connectivity index is 1.59. The summed E-state index contributed by atoms with van der Waals surface area (Å²) in [6, 6.07) is 10.6. The van der Waals surface area contributed by atoms with Gasteiger partial charge in [0.05, 0.1) is 6.04 Å². The van der Waals surface area contributed by atoms with Gasteiger partial charge in [-0.25, -0.2) is 0 Å². The number of hydrogen-bond acceptors (Lipinski definition) is 2. The molecule has 120 valence electrons.